The average Bonchev–Trinajstić information content (AvgIpc) is 3.13. The third kappa shape index (κ3) is 3.05. The van der Waals surface area contributed by atoms with Gasteiger partial charge in [0.05, 0.1) is 6.54 Å². The molecule has 1 fully saturated rings. The van der Waals surface area contributed by atoms with Gasteiger partial charge in [0.2, 0.25) is 0 Å². The quantitative estimate of drug-likeness (QED) is 0.899. The number of carbonyl (C=O) groups is 1. The van der Waals surface area contributed by atoms with Crippen molar-refractivity contribution in [3.8, 4) is 0 Å². The number of pyridine rings is 1. The molecular weight excluding hydrogens is 318 g/mol. The van der Waals surface area contributed by atoms with Gasteiger partial charge in [-0.25, -0.2) is 4.98 Å². The van der Waals surface area contributed by atoms with Crippen molar-refractivity contribution in [3.63, 3.8) is 0 Å². The summed E-state index contributed by atoms with van der Waals surface area (Å²) in [7, 11) is 1.65. The van der Waals surface area contributed by atoms with E-state index < -0.39 is 11.7 Å². The van der Waals surface area contributed by atoms with E-state index in [1.54, 1.807) is 19.4 Å². The van der Waals surface area contributed by atoms with E-state index >= 15 is 0 Å². The van der Waals surface area contributed by atoms with Gasteiger partial charge in [-0.3, -0.25) is 14.7 Å². The molecule has 2 aliphatic heterocycles. The first-order chi connectivity index (χ1) is 12.2. The van der Waals surface area contributed by atoms with Crippen molar-refractivity contribution >= 4 is 5.91 Å². The van der Waals surface area contributed by atoms with Gasteiger partial charge in [-0.15, -0.1) is 0 Å². The maximum atomic E-state index is 12.1. The number of nitrogens with one attached hydrogen (secondary N) is 1. The standard InChI is InChI=1S/C18H23N5O2/c1-19-16(24)15-13-23-10-7-21-17(23)18(25-15)4-8-22(9-5-18)12-14-3-2-6-20-11-14/h2-3,6-7,10-11,15H,4-5,8-9,12-13H2,1H3,(H,19,24)/t15-/m0/s1. The molecule has 2 aliphatic rings. The lowest BCUT2D eigenvalue weighted by Crippen LogP contribution is -2.53. The maximum Gasteiger partial charge on any atom is 0.250 e. The molecule has 1 saturated heterocycles. The summed E-state index contributed by atoms with van der Waals surface area (Å²) in [6, 6.07) is 4.07. The lowest BCUT2D eigenvalue weighted by molar-refractivity contribution is -0.173. The Bertz CT molecular complexity index is 737. The summed E-state index contributed by atoms with van der Waals surface area (Å²) in [4.78, 5) is 23.3. The number of piperidine rings is 1. The Morgan fingerprint density at radius 3 is 2.96 bits per heavy atom. The molecule has 0 aromatic carbocycles. The van der Waals surface area contributed by atoms with E-state index in [-0.39, 0.29) is 5.91 Å². The van der Waals surface area contributed by atoms with Gasteiger partial charge in [0, 0.05) is 51.5 Å². The Labute approximate surface area is 147 Å². The highest BCUT2D eigenvalue weighted by atomic mass is 16.5. The molecule has 0 radical (unpaired) electrons. The molecular formula is C18H23N5O2. The molecule has 1 N–H and O–H groups in total. The zero-order valence-corrected chi connectivity index (χ0v) is 14.4. The smallest absolute Gasteiger partial charge is 0.250 e. The number of likely N-dealkylation sites (tertiary alicyclic amines) is 1. The van der Waals surface area contributed by atoms with E-state index in [9.17, 15) is 4.79 Å². The summed E-state index contributed by atoms with van der Waals surface area (Å²) in [6.07, 6.45) is 8.65. The minimum absolute atomic E-state index is 0.0727. The van der Waals surface area contributed by atoms with Gasteiger partial charge in [0.25, 0.3) is 5.91 Å². The van der Waals surface area contributed by atoms with E-state index in [1.165, 1.54) is 5.56 Å². The Balaban J connectivity index is 1.50. The molecule has 4 heterocycles. The second kappa shape index (κ2) is 6.57. The third-order valence-corrected chi connectivity index (χ3v) is 5.18. The molecule has 0 bridgehead atoms. The van der Waals surface area contributed by atoms with Crippen LogP contribution in [-0.2, 0) is 28.2 Å². The van der Waals surface area contributed by atoms with Crippen molar-refractivity contribution < 1.29 is 9.53 Å². The van der Waals surface area contributed by atoms with Gasteiger partial charge in [-0.1, -0.05) is 6.07 Å². The van der Waals surface area contributed by atoms with Crippen LogP contribution < -0.4 is 5.32 Å². The molecule has 4 rings (SSSR count). The first kappa shape index (κ1) is 16.2. The fraction of sp³-hybridized carbons (Fsp3) is 0.500. The number of aromatic nitrogens is 3. The molecule has 7 nitrogen and oxygen atoms in total. The molecule has 132 valence electrons. The van der Waals surface area contributed by atoms with Crippen molar-refractivity contribution in [1.29, 1.82) is 0 Å². The number of carbonyl (C=O) groups excluding carboxylic acids is 1. The van der Waals surface area contributed by atoms with E-state index in [2.05, 4.69) is 30.8 Å². The fourth-order valence-electron chi connectivity index (χ4n) is 3.86. The van der Waals surface area contributed by atoms with Gasteiger partial charge < -0.3 is 14.6 Å². The average molecular weight is 341 g/mol. The van der Waals surface area contributed by atoms with Crippen molar-refractivity contribution in [1.82, 2.24) is 24.8 Å². The van der Waals surface area contributed by atoms with Crippen LogP contribution >= 0.6 is 0 Å². The molecule has 7 heteroatoms. The zero-order chi connectivity index (χ0) is 17.3. The van der Waals surface area contributed by atoms with Crippen LogP contribution in [0.2, 0.25) is 0 Å². The lowest BCUT2D eigenvalue weighted by atomic mass is 9.88. The van der Waals surface area contributed by atoms with Gasteiger partial charge in [0.1, 0.15) is 11.4 Å². The first-order valence-corrected chi connectivity index (χ1v) is 8.72. The van der Waals surface area contributed by atoms with Crippen LogP contribution in [0.1, 0.15) is 24.2 Å². The number of likely N-dealkylation sites (N-methyl/N-ethyl adjacent to an activating group) is 1. The zero-order valence-electron chi connectivity index (χ0n) is 14.4. The molecule has 0 unspecified atom stereocenters. The number of ether oxygens (including phenoxy) is 1. The Kier molecular flexibility index (Phi) is 4.27. The highest BCUT2D eigenvalue weighted by Gasteiger charge is 2.46. The van der Waals surface area contributed by atoms with Crippen LogP contribution in [0.25, 0.3) is 0 Å². The predicted octanol–water partition coefficient (Wildman–Crippen LogP) is 0.914. The normalized spacial score (nSPS) is 22.5. The summed E-state index contributed by atoms with van der Waals surface area (Å²) in [5, 5.41) is 2.71. The van der Waals surface area contributed by atoms with E-state index in [1.807, 2.05) is 18.5 Å². The Morgan fingerprint density at radius 2 is 2.24 bits per heavy atom. The number of rotatable bonds is 3. The van der Waals surface area contributed by atoms with Crippen molar-refractivity contribution in [2.24, 2.45) is 0 Å². The van der Waals surface area contributed by atoms with E-state index in [0.717, 1.165) is 38.3 Å². The molecule has 1 atom stereocenters. The third-order valence-electron chi connectivity index (χ3n) is 5.18. The van der Waals surface area contributed by atoms with E-state index in [4.69, 9.17) is 4.74 Å². The van der Waals surface area contributed by atoms with Crippen molar-refractivity contribution in [2.75, 3.05) is 20.1 Å². The number of amides is 1. The van der Waals surface area contributed by atoms with Crippen LogP contribution in [0.3, 0.4) is 0 Å². The highest BCUT2D eigenvalue weighted by molar-refractivity contribution is 5.80. The molecule has 1 amide bonds. The first-order valence-electron chi connectivity index (χ1n) is 8.72. The van der Waals surface area contributed by atoms with Crippen LogP contribution in [0.15, 0.2) is 36.9 Å². The SMILES string of the molecule is CNC(=O)[C@@H]1Cn2ccnc2C2(CCN(Cc3cccnc3)CC2)O1. The lowest BCUT2D eigenvalue weighted by Gasteiger charge is -2.45. The van der Waals surface area contributed by atoms with Crippen LogP contribution in [-0.4, -0.2) is 51.6 Å². The summed E-state index contributed by atoms with van der Waals surface area (Å²) < 4.78 is 8.39. The van der Waals surface area contributed by atoms with Gasteiger partial charge in [-0.2, -0.15) is 0 Å². The number of fused-ring (bicyclic) bond motifs is 2. The van der Waals surface area contributed by atoms with Crippen LogP contribution in [0.5, 0.6) is 0 Å². The number of hydrogen-bond donors (Lipinski definition) is 1. The fourth-order valence-corrected chi connectivity index (χ4v) is 3.86. The summed E-state index contributed by atoms with van der Waals surface area (Å²) in [5.74, 6) is 0.880. The van der Waals surface area contributed by atoms with Gasteiger partial charge >= 0.3 is 0 Å². The van der Waals surface area contributed by atoms with Crippen molar-refractivity contribution in [2.45, 2.75) is 37.6 Å². The largest absolute Gasteiger partial charge is 0.357 e. The van der Waals surface area contributed by atoms with Crippen LogP contribution in [0.4, 0.5) is 0 Å². The second-order valence-electron chi connectivity index (χ2n) is 6.76. The molecule has 0 aliphatic carbocycles. The molecule has 1 spiro atoms. The molecule has 2 aromatic rings. The molecule has 0 saturated carbocycles. The number of nitrogens with zero attached hydrogens (tertiary/aromatic N) is 4. The molecule has 2 aromatic heterocycles. The Hall–Kier alpha value is -2.25. The minimum atomic E-state index is -0.468. The number of imidazole rings is 1. The number of hydrogen-bond acceptors (Lipinski definition) is 5. The van der Waals surface area contributed by atoms with Gasteiger partial charge in [0.15, 0.2) is 6.10 Å². The Morgan fingerprint density at radius 1 is 1.40 bits per heavy atom. The maximum absolute atomic E-state index is 12.1. The van der Waals surface area contributed by atoms with E-state index in [0.29, 0.717) is 6.54 Å². The summed E-state index contributed by atoms with van der Waals surface area (Å²) >= 11 is 0. The topological polar surface area (TPSA) is 72.3 Å². The van der Waals surface area contributed by atoms with Crippen LogP contribution in [0, 0.1) is 0 Å². The molecule has 25 heavy (non-hydrogen) atoms. The minimum Gasteiger partial charge on any atom is -0.357 e. The monoisotopic (exact) mass is 341 g/mol. The van der Waals surface area contributed by atoms with Crippen molar-refractivity contribution in [3.05, 3.63) is 48.3 Å². The van der Waals surface area contributed by atoms with Gasteiger partial charge in [-0.05, 0) is 24.5 Å². The highest BCUT2D eigenvalue weighted by Crippen LogP contribution is 2.40. The summed E-state index contributed by atoms with van der Waals surface area (Å²) in [5.41, 5.74) is 0.748. The second-order valence-corrected chi connectivity index (χ2v) is 6.76. The predicted molar refractivity (Wildman–Crippen MR) is 91.6 cm³/mol. The summed E-state index contributed by atoms with van der Waals surface area (Å²) in [6.45, 7) is 3.22.